The van der Waals surface area contributed by atoms with Crippen molar-refractivity contribution in [1.29, 1.82) is 0 Å². The van der Waals surface area contributed by atoms with Crippen molar-refractivity contribution >= 4 is 0 Å². The molecule has 0 N–H and O–H groups in total. The summed E-state index contributed by atoms with van der Waals surface area (Å²) in [6.45, 7) is 6.90. The van der Waals surface area contributed by atoms with Crippen molar-refractivity contribution in [3.63, 3.8) is 0 Å². The van der Waals surface area contributed by atoms with E-state index in [1.807, 2.05) is 0 Å². The van der Waals surface area contributed by atoms with E-state index in [1.165, 1.54) is 11.1 Å². The van der Waals surface area contributed by atoms with Crippen LogP contribution in [0.4, 0.5) is 0 Å². The molecular formula is C12H17N. The third kappa shape index (κ3) is 1.49. The Hall–Kier alpha value is -0.820. The van der Waals surface area contributed by atoms with Crippen LogP contribution in [0.3, 0.4) is 0 Å². The van der Waals surface area contributed by atoms with Crippen molar-refractivity contribution in [2.75, 3.05) is 13.6 Å². The normalized spacial score (nSPS) is 21.2. The van der Waals surface area contributed by atoms with Crippen molar-refractivity contribution in [3.8, 4) is 0 Å². The molecule has 0 saturated carbocycles. The summed E-state index contributed by atoms with van der Waals surface area (Å²) in [6.07, 6.45) is 0. The highest BCUT2D eigenvalue weighted by Crippen LogP contribution is 2.31. The Morgan fingerprint density at radius 3 is 2.69 bits per heavy atom. The van der Waals surface area contributed by atoms with Gasteiger partial charge >= 0.3 is 0 Å². The van der Waals surface area contributed by atoms with Gasteiger partial charge in [-0.25, -0.2) is 0 Å². The highest BCUT2D eigenvalue weighted by molar-refractivity contribution is 5.35. The minimum atomic E-state index is 0.309. The summed E-state index contributed by atoms with van der Waals surface area (Å²) >= 11 is 0. The van der Waals surface area contributed by atoms with Gasteiger partial charge in [-0.1, -0.05) is 38.1 Å². The molecule has 1 heterocycles. The molecule has 1 aliphatic heterocycles. The number of rotatable bonds is 0. The SMILES string of the molecule is CN1Cc2ccccc2C(C)(C)C1. The lowest BCUT2D eigenvalue weighted by atomic mass is 9.79. The molecule has 1 aliphatic rings. The molecule has 1 aromatic carbocycles. The zero-order valence-electron chi connectivity index (χ0n) is 8.67. The van der Waals surface area contributed by atoms with Gasteiger partial charge in [-0.3, -0.25) is 0 Å². The van der Waals surface area contributed by atoms with Crippen LogP contribution in [-0.4, -0.2) is 18.5 Å². The Morgan fingerprint density at radius 1 is 1.23 bits per heavy atom. The van der Waals surface area contributed by atoms with Crippen molar-refractivity contribution < 1.29 is 0 Å². The molecule has 2 rings (SSSR count). The molecule has 0 saturated heterocycles. The van der Waals surface area contributed by atoms with E-state index in [4.69, 9.17) is 0 Å². The average molecular weight is 175 g/mol. The fourth-order valence-corrected chi connectivity index (χ4v) is 2.43. The Kier molecular flexibility index (Phi) is 1.92. The predicted octanol–water partition coefficient (Wildman–Crippen LogP) is 2.41. The Bertz CT molecular complexity index is 315. The molecule has 0 unspecified atom stereocenters. The highest BCUT2D eigenvalue weighted by Gasteiger charge is 2.29. The standard InChI is InChI=1S/C12H17N/c1-12(2)9-13(3)8-10-6-4-5-7-11(10)12/h4-7H,8-9H2,1-3H3. The van der Waals surface area contributed by atoms with E-state index >= 15 is 0 Å². The zero-order valence-corrected chi connectivity index (χ0v) is 8.67. The van der Waals surface area contributed by atoms with Crippen LogP contribution in [-0.2, 0) is 12.0 Å². The molecule has 1 aromatic rings. The van der Waals surface area contributed by atoms with E-state index in [9.17, 15) is 0 Å². The van der Waals surface area contributed by atoms with Crippen LogP contribution >= 0.6 is 0 Å². The Morgan fingerprint density at radius 2 is 1.92 bits per heavy atom. The minimum absolute atomic E-state index is 0.309. The second-order valence-corrected chi connectivity index (χ2v) is 4.71. The van der Waals surface area contributed by atoms with Crippen molar-refractivity contribution in [3.05, 3.63) is 35.4 Å². The molecule has 0 fully saturated rings. The van der Waals surface area contributed by atoms with Gasteiger partial charge in [-0.15, -0.1) is 0 Å². The molecule has 0 amide bonds. The van der Waals surface area contributed by atoms with Crippen LogP contribution in [0.15, 0.2) is 24.3 Å². The first-order chi connectivity index (χ1) is 6.09. The number of hydrogen-bond acceptors (Lipinski definition) is 1. The second kappa shape index (κ2) is 2.85. The summed E-state index contributed by atoms with van der Waals surface area (Å²) in [6, 6.07) is 8.79. The van der Waals surface area contributed by atoms with E-state index in [2.05, 4.69) is 50.1 Å². The quantitative estimate of drug-likeness (QED) is 0.585. The van der Waals surface area contributed by atoms with Gasteiger partial charge in [0.05, 0.1) is 0 Å². The molecule has 1 nitrogen and oxygen atoms in total. The first kappa shape index (κ1) is 8.76. The van der Waals surface area contributed by atoms with Crippen LogP contribution < -0.4 is 0 Å². The first-order valence-electron chi connectivity index (χ1n) is 4.86. The van der Waals surface area contributed by atoms with Crippen molar-refractivity contribution in [1.82, 2.24) is 4.90 Å². The lowest BCUT2D eigenvalue weighted by molar-refractivity contribution is 0.235. The fraction of sp³-hybridized carbons (Fsp3) is 0.500. The van der Waals surface area contributed by atoms with Crippen molar-refractivity contribution in [2.45, 2.75) is 25.8 Å². The van der Waals surface area contributed by atoms with E-state index in [0.717, 1.165) is 13.1 Å². The maximum Gasteiger partial charge on any atom is 0.0234 e. The molecule has 0 aliphatic carbocycles. The summed E-state index contributed by atoms with van der Waals surface area (Å²) in [7, 11) is 2.19. The monoisotopic (exact) mass is 175 g/mol. The van der Waals surface area contributed by atoms with Gasteiger partial charge in [0.2, 0.25) is 0 Å². The van der Waals surface area contributed by atoms with Gasteiger partial charge in [-0.05, 0) is 18.2 Å². The number of nitrogens with zero attached hydrogens (tertiary/aromatic N) is 1. The third-order valence-electron chi connectivity index (χ3n) is 2.85. The van der Waals surface area contributed by atoms with Crippen LogP contribution in [0.25, 0.3) is 0 Å². The maximum absolute atomic E-state index is 2.39. The lowest BCUT2D eigenvalue weighted by Gasteiger charge is -2.38. The van der Waals surface area contributed by atoms with Crippen LogP contribution in [0.1, 0.15) is 25.0 Å². The number of hydrogen-bond donors (Lipinski definition) is 0. The molecule has 0 spiro atoms. The van der Waals surface area contributed by atoms with Gasteiger partial charge in [0.25, 0.3) is 0 Å². The smallest absolute Gasteiger partial charge is 0.0234 e. The van der Waals surface area contributed by atoms with E-state index in [1.54, 1.807) is 0 Å². The summed E-state index contributed by atoms with van der Waals surface area (Å²) in [5.74, 6) is 0. The zero-order chi connectivity index (χ0) is 9.47. The maximum atomic E-state index is 2.39. The van der Waals surface area contributed by atoms with E-state index in [0.29, 0.717) is 5.41 Å². The average Bonchev–Trinajstić information content (AvgIpc) is 2.02. The fourth-order valence-electron chi connectivity index (χ4n) is 2.43. The van der Waals surface area contributed by atoms with Crippen LogP contribution in [0.5, 0.6) is 0 Å². The van der Waals surface area contributed by atoms with Gasteiger partial charge < -0.3 is 4.90 Å². The van der Waals surface area contributed by atoms with Gasteiger partial charge in [-0.2, -0.15) is 0 Å². The number of likely N-dealkylation sites (N-methyl/N-ethyl adjacent to an activating group) is 1. The minimum Gasteiger partial charge on any atom is -0.301 e. The third-order valence-corrected chi connectivity index (χ3v) is 2.85. The molecular weight excluding hydrogens is 158 g/mol. The highest BCUT2D eigenvalue weighted by atomic mass is 15.1. The van der Waals surface area contributed by atoms with Crippen molar-refractivity contribution in [2.24, 2.45) is 0 Å². The molecule has 0 radical (unpaired) electrons. The van der Waals surface area contributed by atoms with E-state index < -0.39 is 0 Å². The summed E-state index contributed by atoms with van der Waals surface area (Å²) < 4.78 is 0. The molecule has 70 valence electrons. The van der Waals surface area contributed by atoms with Crippen LogP contribution in [0.2, 0.25) is 0 Å². The van der Waals surface area contributed by atoms with Gasteiger partial charge in [0, 0.05) is 18.5 Å². The first-order valence-corrected chi connectivity index (χ1v) is 4.86. The largest absolute Gasteiger partial charge is 0.301 e. The number of benzene rings is 1. The summed E-state index contributed by atoms with van der Waals surface area (Å²) in [4.78, 5) is 2.39. The molecule has 0 bridgehead atoms. The molecule has 0 atom stereocenters. The van der Waals surface area contributed by atoms with Gasteiger partial charge in [0.1, 0.15) is 0 Å². The lowest BCUT2D eigenvalue weighted by Crippen LogP contribution is -2.39. The Balaban J connectivity index is 2.50. The summed E-state index contributed by atoms with van der Waals surface area (Å²) in [5, 5.41) is 0. The van der Waals surface area contributed by atoms with E-state index in [-0.39, 0.29) is 0 Å². The second-order valence-electron chi connectivity index (χ2n) is 4.71. The molecule has 0 aromatic heterocycles. The number of fused-ring (bicyclic) bond motifs is 1. The summed E-state index contributed by atoms with van der Waals surface area (Å²) in [5.41, 5.74) is 3.32. The molecule has 13 heavy (non-hydrogen) atoms. The molecule has 1 heteroatoms. The predicted molar refractivity (Wildman–Crippen MR) is 55.8 cm³/mol. The Labute approximate surface area is 80.4 Å². The van der Waals surface area contributed by atoms with Crippen LogP contribution in [0, 0.1) is 0 Å². The van der Waals surface area contributed by atoms with Gasteiger partial charge in [0.15, 0.2) is 0 Å². The topological polar surface area (TPSA) is 3.24 Å².